The van der Waals surface area contributed by atoms with Crippen LogP contribution in [0.4, 0.5) is 0 Å². The van der Waals surface area contributed by atoms with Crippen molar-refractivity contribution in [3.63, 3.8) is 0 Å². The minimum absolute atomic E-state index is 0.103. The minimum atomic E-state index is -0.203. The Morgan fingerprint density at radius 1 is 1.27 bits per heavy atom. The lowest BCUT2D eigenvalue weighted by Crippen LogP contribution is -2.50. The third kappa shape index (κ3) is 4.91. The average Bonchev–Trinajstić information content (AvgIpc) is 2.64. The molecular weight excluding hydrogens is 328 g/mol. The van der Waals surface area contributed by atoms with Crippen molar-refractivity contribution < 1.29 is 14.3 Å². The molecule has 1 N–H and O–H groups in total. The molecule has 0 heterocycles. The molecule has 1 amide bonds. The number of nitrogens with one attached hydrogen (secondary N) is 1. The van der Waals surface area contributed by atoms with Crippen molar-refractivity contribution >= 4 is 5.91 Å². The first-order valence-electron chi connectivity index (χ1n) is 9.58. The van der Waals surface area contributed by atoms with E-state index in [1.54, 1.807) is 14.2 Å². The van der Waals surface area contributed by atoms with Crippen LogP contribution in [-0.2, 0) is 11.3 Å². The second-order valence-electron chi connectivity index (χ2n) is 7.65. The summed E-state index contributed by atoms with van der Waals surface area (Å²) >= 11 is 0. The molecule has 2 rings (SSSR count). The molecule has 1 aromatic carbocycles. The van der Waals surface area contributed by atoms with Gasteiger partial charge in [-0.3, -0.25) is 9.69 Å². The van der Waals surface area contributed by atoms with Crippen LogP contribution >= 0.6 is 0 Å². The Balaban J connectivity index is 1.98. The third-order valence-corrected chi connectivity index (χ3v) is 5.99. The van der Waals surface area contributed by atoms with E-state index in [2.05, 4.69) is 24.1 Å². The molecule has 4 atom stereocenters. The number of amides is 1. The molecule has 0 bridgehead atoms. The summed E-state index contributed by atoms with van der Waals surface area (Å²) in [5, 5.41) is 3.28. The number of hydrogen-bond donors (Lipinski definition) is 1. The lowest BCUT2D eigenvalue weighted by atomic mass is 9.78. The number of likely N-dealkylation sites (N-methyl/N-ethyl adjacent to an activating group) is 1. The van der Waals surface area contributed by atoms with Gasteiger partial charge in [0.2, 0.25) is 5.91 Å². The predicted molar refractivity (Wildman–Crippen MR) is 105 cm³/mol. The van der Waals surface area contributed by atoms with Crippen molar-refractivity contribution in [2.75, 3.05) is 21.3 Å². The quantitative estimate of drug-likeness (QED) is 0.807. The molecule has 0 aliphatic heterocycles. The fourth-order valence-electron chi connectivity index (χ4n) is 3.68. The van der Waals surface area contributed by atoms with Crippen LogP contribution in [0.15, 0.2) is 18.2 Å². The molecule has 0 aromatic heterocycles. The number of carbonyl (C=O) groups excluding carboxylic acids is 1. The highest BCUT2D eigenvalue weighted by molar-refractivity contribution is 5.81. The van der Waals surface area contributed by atoms with E-state index in [-0.39, 0.29) is 18.0 Å². The van der Waals surface area contributed by atoms with Crippen LogP contribution in [-0.4, -0.2) is 44.2 Å². The van der Waals surface area contributed by atoms with Gasteiger partial charge in [-0.25, -0.2) is 0 Å². The summed E-state index contributed by atoms with van der Waals surface area (Å²) in [4.78, 5) is 14.8. The van der Waals surface area contributed by atoms with Gasteiger partial charge in [-0.1, -0.05) is 32.8 Å². The van der Waals surface area contributed by atoms with Crippen molar-refractivity contribution in [3.8, 4) is 11.5 Å². The molecule has 4 unspecified atom stereocenters. The Morgan fingerprint density at radius 3 is 2.65 bits per heavy atom. The number of ether oxygens (including phenoxy) is 2. The summed E-state index contributed by atoms with van der Waals surface area (Å²) in [6.07, 6.45) is 3.55. The SMILES string of the molecule is COc1ccc(CN(C)C(C)C(=O)NC2CCCC(C)C2C)c(OC)c1. The highest BCUT2D eigenvalue weighted by Gasteiger charge is 2.30. The molecule has 5 heteroatoms. The van der Waals surface area contributed by atoms with Gasteiger partial charge in [-0.05, 0) is 38.3 Å². The number of nitrogens with zero attached hydrogens (tertiary/aromatic N) is 1. The summed E-state index contributed by atoms with van der Waals surface area (Å²) in [5.41, 5.74) is 1.04. The highest BCUT2D eigenvalue weighted by Crippen LogP contribution is 2.30. The molecule has 0 radical (unpaired) electrons. The van der Waals surface area contributed by atoms with Gasteiger partial charge >= 0.3 is 0 Å². The van der Waals surface area contributed by atoms with Gasteiger partial charge in [0.15, 0.2) is 0 Å². The number of carbonyl (C=O) groups is 1. The number of rotatable bonds is 7. The van der Waals surface area contributed by atoms with Crippen molar-refractivity contribution in [1.29, 1.82) is 0 Å². The summed E-state index contributed by atoms with van der Waals surface area (Å²) in [5.74, 6) is 2.85. The summed E-state index contributed by atoms with van der Waals surface area (Å²) in [6.45, 7) is 7.14. The fourth-order valence-corrected chi connectivity index (χ4v) is 3.68. The van der Waals surface area contributed by atoms with Crippen LogP contribution in [0.2, 0.25) is 0 Å². The Labute approximate surface area is 158 Å². The molecule has 26 heavy (non-hydrogen) atoms. The molecule has 1 aliphatic rings. The zero-order valence-corrected chi connectivity index (χ0v) is 17.0. The highest BCUT2D eigenvalue weighted by atomic mass is 16.5. The zero-order valence-electron chi connectivity index (χ0n) is 17.0. The van der Waals surface area contributed by atoms with Crippen LogP contribution in [0.25, 0.3) is 0 Å². The van der Waals surface area contributed by atoms with E-state index in [0.717, 1.165) is 23.5 Å². The van der Waals surface area contributed by atoms with Gasteiger partial charge in [0, 0.05) is 24.2 Å². The maximum Gasteiger partial charge on any atom is 0.237 e. The molecule has 1 aliphatic carbocycles. The van der Waals surface area contributed by atoms with Gasteiger partial charge in [0.25, 0.3) is 0 Å². The third-order valence-electron chi connectivity index (χ3n) is 5.99. The lowest BCUT2D eigenvalue weighted by Gasteiger charge is -2.36. The van der Waals surface area contributed by atoms with E-state index in [1.807, 2.05) is 32.2 Å². The molecule has 1 saturated carbocycles. The molecule has 1 aromatic rings. The first-order valence-corrected chi connectivity index (χ1v) is 9.58. The summed E-state index contributed by atoms with van der Waals surface area (Å²) in [6, 6.07) is 5.87. The normalized spacial score (nSPS) is 24.2. The largest absolute Gasteiger partial charge is 0.497 e. The van der Waals surface area contributed by atoms with Gasteiger partial charge < -0.3 is 14.8 Å². The zero-order chi connectivity index (χ0) is 19.3. The molecular formula is C21H34N2O3. The van der Waals surface area contributed by atoms with E-state index in [0.29, 0.717) is 18.4 Å². The van der Waals surface area contributed by atoms with Crippen molar-refractivity contribution in [2.24, 2.45) is 11.8 Å². The lowest BCUT2D eigenvalue weighted by molar-refractivity contribution is -0.127. The molecule has 146 valence electrons. The van der Waals surface area contributed by atoms with E-state index >= 15 is 0 Å². The fraction of sp³-hybridized carbons (Fsp3) is 0.667. The topological polar surface area (TPSA) is 50.8 Å². The summed E-state index contributed by atoms with van der Waals surface area (Å²) in [7, 11) is 5.26. The van der Waals surface area contributed by atoms with Crippen LogP contribution in [0.5, 0.6) is 11.5 Å². The first-order chi connectivity index (χ1) is 12.4. The molecule has 0 spiro atoms. The molecule has 0 saturated heterocycles. The Kier molecular flexibility index (Phi) is 7.33. The Bertz CT molecular complexity index is 605. The van der Waals surface area contributed by atoms with Crippen molar-refractivity contribution in [1.82, 2.24) is 10.2 Å². The van der Waals surface area contributed by atoms with Crippen LogP contribution in [0, 0.1) is 11.8 Å². The van der Waals surface area contributed by atoms with Crippen LogP contribution in [0.1, 0.15) is 45.6 Å². The van der Waals surface area contributed by atoms with E-state index in [4.69, 9.17) is 9.47 Å². The van der Waals surface area contributed by atoms with Crippen molar-refractivity contribution in [3.05, 3.63) is 23.8 Å². The monoisotopic (exact) mass is 362 g/mol. The average molecular weight is 363 g/mol. The minimum Gasteiger partial charge on any atom is -0.497 e. The van der Waals surface area contributed by atoms with Crippen molar-refractivity contribution in [2.45, 2.75) is 58.7 Å². The predicted octanol–water partition coefficient (Wildman–Crippen LogP) is 3.47. The van der Waals surface area contributed by atoms with E-state index in [1.165, 1.54) is 12.8 Å². The Morgan fingerprint density at radius 2 is 2.00 bits per heavy atom. The number of methoxy groups -OCH3 is 2. The van der Waals surface area contributed by atoms with Gasteiger partial charge in [0.1, 0.15) is 11.5 Å². The number of benzene rings is 1. The second-order valence-corrected chi connectivity index (χ2v) is 7.65. The van der Waals surface area contributed by atoms with Gasteiger partial charge in [-0.15, -0.1) is 0 Å². The molecule has 1 fully saturated rings. The van der Waals surface area contributed by atoms with E-state index in [9.17, 15) is 4.79 Å². The van der Waals surface area contributed by atoms with E-state index < -0.39 is 0 Å². The second kappa shape index (κ2) is 9.26. The Hall–Kier alpha value is -1.75. The smallest absolute Gasteiger partial charge is 0.237 e. The van der Waals surface area contributed by atoms with Gasteiger partial charge in [-0.2, -0.15) is 0 Å². The van der Waals surface area contributed by atoms with Gasteiger partial charge in [0.05, 0.1) is 20.3 Å². The maximum absolute atomic E-state index is 12.7. The number of hydrogen-bond acceptors (Lipinski definition) is 4. The maximum atomic E-state index is 12.7. The van der Waals surface area contributed by atoms with Crippen LogP contribution in [0.3, 0.4) is 0 Å². The standard InChI is InChI=1S/C21H34N2O3/c1-14-8-7-9-19(15(14)2)22-21(24)16(3)23(4)13-17-10-11-18(25-5)12-20(17)26-6/h10-12,14-16,19H,7-9,13H2,1-6H3,(H,22,24). The van der Waals surface area contributed by atoms with Crippen LogP contribution < -0.4 is 14.8 Å². The first kappa shape index (κ1) is 20.6. The molecule has 5 nitrogen and oxygen atoms in total. The summed E-state index contributed by atoms with van der Waals surface area (Å²) < 4.78 is 10.7.